The van der Waals surface area contributed by atoms with Crippen molar-refractivity contribution in [3.8, 4) is 0 Å². The van der Waals surface area contributed by atoms with Gasteiger partial charge in [0.2, 0.25) is 5.91 Å². The van der Waals surface area contributed by atoms with Crippen molar-refractivity contribution in [2.75, 3.05) is 7.11 Å². The lowest BCUT2D eigenvalue weighted by molar-refractivity contribution is -0.142. The highest BCUT2D eigenvalue weighted by atomic mass is 16.5. The topological polar surface area (TPSA) is 110 Å². The van der Waals surface area contributed by atoms with Crippen LogP contribution >= 0.6 is 0 Å². The molecule has 0 aliphatic heterocycles. The number of aliphatic carboxylic acids is 1. The van der Waals surface area contributed by atoms with Gasteiger partial charge in [-0.1, -0.05) is 6.92 Å². The Kier molecular flexibility index (Phi) is 9.00. The summed E-state index contributed by atoms with van der Waals surface area (Å²) in [6.07, 6.45) is 1.76. The van der Waals surface area contributed by atoms with Crippen LogP contribution in [0.25, 0.3) is 0 Å². The van der Waals surface area contributed by atoms with Crippen molar-refractivity contribution in [3.05, 3.63) is 0 Å². The van der Waals surface area contributed by atoms with Crippen LogP contribution in [0.1, 0.15) is 46.0 Å². The van der Waals surface area contributed by atoms with Gasteiger partial charge in [-0.15, -0.1) is 0 Å². The summed E-state index contributed by atoms with van der Waals surface area (Å²) >= 11 is 0. The number of nitrogens with one attached hydrogen (secondary N) is 1. The minimum atomic E-state index is -1.12. The highest BCUT2D eigenvalue weighted by molar-refractivity contribution is 5.88. The van der Waals surface area contributed by atoms with E-state index in [1.807, 2.05) is 0 Å². The van der Waals surface area contributed by atoms with Crippen LogP contribution in [0.5, 0.6) is 0 Å². The van der Waals surface area contributed by atoms with E-state index in [1.165, 1.54) is 14.0 Å². The number of carbonyl (C=O) groups is 4. The Morgan fingerprint density at radius 2 is 1.67 bits per heavy atom. The number of ether oxygens (including phenoxy) is 1. The molecule has 2 atom stereocenters. The molecule has 7 heteroatoms. The summed E-state index contributed by atoms with van der Waals surface area (Å²) in [4.78, 5) is 44.8. The van der Waals surface area contributed by atoms with Gasteiger partial charge in [-0.25, -0.2) is 0 Å². The molecule has 0 aromatic rings. The van der Waals surface area contributed by atoms with Gasteiger partial charge < -0.3 is 15.2 Å². The number of carboxylic acid groups (broad SMARTS) is 1. The van der Waals surface area contributed by atoms with Crippen LogP contribution in [0.2, 0.25) is 0 Å². The number of carbonyl (C=O) groups excluding carboxylic acids is 3. The smallest absolute Gasteiger partial charge is 0.325 e. The van der Waals surface area contributed by atoms with Gasteiger partial charge in [0.1, 0.15) is 11.8 Å². The molecule has 0 fully saturated rings. The largest absolute Gasteiger partial charge is 0.480 e. The Hall–Kier alpha value is -1.92. The van der Waals surface area contributed by atoms with Gasteiger partial charge in [0, 0.05) is 25.2 Å². The molecule has 0 bridgehead atoms. The van der Waals surface area contributed by atoms with Crippen molar-refractivity contribution in [2.24, 2.45) is 5.92 Å². The van der Waals surface area contributed by atoms with Gasteiger partial charge in [0.05, 0.1) is 7.11 Å². The Balaban J connectivity index is 3.95. The van der Waals surface area contributed by atoms with Gasteiger partial charge in [-0.2, -0.15) is 0 Å². The molecular formula is C14H23NO6. The molecule has 0 saturated carbocycles. The summed E-state index contributed by atoms with van der Waals surface area (Å²) in [5, 5.41) is 11.0. The molecule has 0 aromatic carbocycles. The quantitative estimate of drug-likeness (QED) is 0.458. The van der Waals surface area contributed by atoms with E-state index in [0.717, 1.165) is 0 Å². The number of esters is 1. The maximum absolute atomic E-state index is 11.7. The van der Waals surface area contributed by atoms with Gasteiger partial charge in [-0.3, -0.25) is 19.2 Å². The van der Waals surface area contributed by atoms with Crippen LogP contribution in [0.3, 0.4) is 0 Å². The lowest BCUT2D eigenvalue weighted by Crippen LogP contribution is -2.41. The third-order valence-electron chi connectivity index (χ3n) is 3.02. The first kappa shape index (κ1) is 19.1. The highest BCUT2D eigenvalue weighted by Gasteiger charge is 2.20. The monoisotopic (exact) mass is 301 g/mol. The molecule has 1 amide bonds. The molecule has 0 heterocycles. The van der Waals surface area contributed by atoms with Crippen LogP contribution in [0, 0.1) is 5.92 Å². The fourth-order valence-corrected chi connectivity index (χ4v) is 1.65. The summed E-state index contributed by atoms with van der Waals surface area (Å²) in [6.45, 7) is 2.94. The maximum atomic E-state index is 11.7. The number of Topliss-reactive ketones (excluding diaryl/α,β-unsaturated/α-hetero) is 1. The number of hydrogen-bond acceptors (Lipinski definition) is 5. The average Bonchev–Trinajstić information content (AvgIpc) is 2.42. The van der Waals surface area contributed by atoms with Gasteiger partial charge in [0.15, 0.2) is 0 Å². The van der Waals surface area contributed by atoms with Crippen LogP contribution in [-0.4, -0.2) is 41.9 Å². The predicted molar refractivity (Wildman–Crippen MR) is 74.5 cm³/mol. The van der Waals surface area contributed by atoms with Crippen molar-refractivity contribution >= 4 is 23.6 Å². The Morgan fingerprint density at radius 1 is 1.10 bits per heavy atom. The Labute approximate surface area is 124 Å². The van der Waals surface area contributed by atoms with Crippen LogP contribution in [0.4, 0.5) is 0 Å². The Morgan fingerprint density at radius 3 is 2.19 bits per heavy atom. The first-order valence-corrected chi connectivity index (χ1v) is 6.89. The fourth-order valence-electron chi connectivity index (χ4n) is 1.65. The molecule has 0 aliphatic carbocycles. The van der Waals surface area contributed by atoms with Crippen molar-refractivity contribution in [1.82, 2.24) is 5.32 Å². The maximum Gasteiger partial charge on any atom is 0.325 e. The van der Waals surface area contributed by atoms with Crippen LogP contribution < -0.4 is 5.32 Å². The van der Waals surface area contributed by atoms with Crippen molar-refractivity contribution < 1.29 is 29.0 Å². The number of carboxylic acids is 1. The minimum Gasteiger partial charge on any atom is -0.480 e. The molecule has 0 aromatic heterocycles. The van der Waals surface area contributed by atoms with E-state index in [2.05, 4.69) is 10.1 Å². The fraction of sp³-hybridized carbons (Fsp3) is 0.714. The third-order valence-corrected chi connectivity index (χ3v) is 3.02. The standard InChI is InChI=1S/C14H23NO6/c1-9(13(18)15-10(2)14(19)20)8-11(16)6-4-5-7-12(17)21-3/h9-10H,4-8H2,1-3H3,(H,15,18)(H,19,20)/t9-,10+/m1/s1. The second-order valence-electron chi connectivity index (χ2n) is 5.00. The second-order valence-corrected chi connectivity index (χ2v) is 5.00. The molecular weight excluding hydrogens is 278 g/mol. The molecule has 21 heavy (non-hydrogen) atoms. The molecule has 0 saturated heterocycles. The average molecular weight is 301 g/mol. The van der Waals surface area contributed by atoms with Gasteiger partial charge in [-0.05, 0) is 19.8 Å². The summed E-state index contributed by atoms with van der Waals surface area (Å²) in [6, 6.07) is -0.977. The zero-order chi connectivity index (χ0) is 16.4. The molecule has 120 valence electrons. The van der Waals surface area contributed by atoms with E-state index in [4.69, 9.17) is 5.11 Å². The number of rotatable bonds is 10. The summed E-state index contributed by atoms with van der Waals surface area (Å²) in [7, 11) is 1.31. The van der Waals surface area contributed by atoms with Crippen molar-refractivity contribution in [1.29, 1.82) is 0 Å². The van der Waals surface area contributed by atoms with Gasteiger partial charge in [0.25, 0.3) is 0 Å². The molecule has 7 nitrogen and oxygen atoms in total. The van der Waals surface area contributed by atoms with E-state index >= 15 is 0 Å². The molecule has 0 radical (unpaired) electrons. The summed E-state index contributed by atoms with van der Waals surface area (Å²) in [5.74, 6) is -2.53. The van der Waals surface area contributed by atoms with E-state index in [0.29, 0.717) is 19.3 Å². The van der Waals surface area contributed by atoms with E-state index in [1.54, 1.807) is 6.92 Å². The zero-order valence-corrected chi connectivity index (χ0v) is 12.7. The molecule has 0 aliphatic rings. The van der Waals surface area contributed by atoms with E-state index < -0.39 is 23.8 Å². The second kappa shape index (κ2) is 9.90. The lowest BCUT2D eigenvalue weighted by atomic mass is 10.00. The number of hydrogen-bond donors (Lipinski definition) is 2. The SMILES string of the molecule is COC(=O)CCCCC(=O)C[C@@H](C)C(=O)N[C@@H](C)C(=O)O. The molecule has 0 rings (SSSR count). The third kappa shape index (κ3) is 8.78. The number of amides is 1. The van der Waals surface area contributed by atoms with E-state index in [-0.39, 0.29) is 24.6 Å². The lowest BCUT2D eigenvalue weighted by Gasteiger charge is -2.14. The molecule has 2 N–H and O–H groups in total. The van der Waals surface area contributed by atoms with Crippen LogP contribution in [0.15, 0.2) is 0 Å². The van der Waals surface area contributed by atoms with Crippen molar-refractivity contribution in [2.45, 2.75) is 52.0 Å². The Bertz CT molecular complexity index is 393. The predicted octanol–water partition coefficient (Wildman–Crippen LogP) is 0.904. The zero-order valence-electron chi connectivity index (χ0n) is 12.7. The molecule has 0 unspecified atom stereocenters. The van der Waals surface area contributed by atoms with E-state index in [9.17, 15) is 19.2 Å². The molecule has 0 spiro atoms. The first-order valence-electron chi connectivity index (χ1n) is 6.89. The van der Waals surface area contributed by atoms with Gasteiger partial charge >= 0.3 is 11.9 Å². The number of unbranched alkanes of at least 4 members (excludes halogenated alkanes) is 1. The van der Waals surface area contributed by atoms with Crippen LogP contribution in [-0.2, 0) is 23.9 Å². The summed E-state index contributed by atoms with van der Waals surface area (Å²) in [5.41, 5.74) is 0. The highest BCUT2D eigenvalue weighted by Crippen LogP contribution is 2.09. The number of methoxy groups -OCH3 is 1. The minimum absolute atomic E-state index is 0.0659. The first-order chi connectivity index (χ1) is 9.77. The summed E-state index contributed by atoms with van der Waals surface area (Å²) < 4.78 is 4.48. The number of ketones is 1. The normalized spacial score (nSPS) is 13.1. The van der Waals surface area contributed by atoms with Crippen molar-refractivity contribution in [3.63, 3.8) is 0 Å².